The van der Waals surface area contributed by atoms with E-state index in [1.807, 2.05) is 42.5 Å². The third-order valence-electron chi connectivity index (χ3n) is 3.92. The lowest BCUT2D eigenvalue weighted by atomic mass is 10.1. The van der Waals surface area contributed by atoms with Crippen molar-refractivity contribution < 1.29 is 23.5 Å². The highest BCUT2D eigenvalue weighted by atomic mass is 16.5. The van der Waals surface area contributed by atoms with E-state index in [0.717, 1.165) is 10.8 Å². The van der Waals surface area contributed by atoms with Crippen LogP contribution in [0, 0.1) is 0 Å². The number of allylic oxidation sites excluding steroid dienone is 1. The highest BCUT2D eigenvalue weighted by molar-refractivity contribution is 5.93. The quantitative estimate of drug-likeness (QED) is 0.491. The van der Waals surface area contributed by atoms with Gasteiger partial charge >= 0.3 is 5.97 Å². The van der Waals surface area contributed by atoms with E-state index in [0.29, 0.717) is 17.2 Å². The number of rotatable bonds is 7. The van der Waals surface area contributed by atoms with Crippen LogP contribution in [-0.2, 0) is 16.1 Å². The van der Waals surface area contributed by atoms with Crippen LogP contribution < -0.4 is 10.1 Å². The van der Waals surface area contributed by atoms with Gasteiger partial charge in [0.05, 0.1) is 6.61 Å². The number of nitrogens with one attached hydrogen (secondary N) is 1. The van der Waals surface area contributed by atoms with Crippen molar-refractivity contribution in [1.29, 1.82) is 0 Å². The summed E-state index contributed by atoms with van der Waals surface area (Å²) in [5.41, 5.74) is 0.369. The summed E-state index contributed by atoms with van der Waals surface area (Å²) in [6.45, 7) is 3.78. The molecule has 0 aliphatic carbocycles. The number of esters is 1. The molecule has 0 atom stereocenters. The van der Waals surface area contributed by atoms with Gasteiger partial charge < -0.3 is 19.2 Å². The molecule has 6 nitrogen and oxygen atoms in total. The van der Waals surface area contributed by atoms with Gasteiger partial charge in [0, 0.05) is 11.8 Å². The maximum absolute atomic E-state index is 12.2. The number of fused-ring (bicyclic) bond motifs is 1. The Bertz CT molecular complexity index is 1020. The third kappa shape index (κ3) is 5.01. The van der Waals surface area contributed by atoms with E-state index in [1.165, 1.54) is 6.08 Å². The van der Waals surface area contributed by atoms with Gasteiger partial charge in [-0.2, -0.15) is 0 Å². The normalized spacial score (nSPS) is 11.3. The Labute approximate surface area is 162 Å². The van der Waals surface area contributed by atoms with Gasteiger partial charge in [0.2, 0.25) is 0 Å². The Hall–Kier alpha value is -3.54. The molecule has 1 N–H and O–H groups in total. The predicted molar refractivity (Wildman–Crippen MR) is 105 cm³/mol. The second-order valence-electron chi connectivity index (χ2n) is 6.10. The molecule has 1 heterocycles. The fourth-order valence-corrected chi connectivity index (χ4v) is 2.63. The molecule has 0 aliphatic heterocycles. The van der Waals surface area contributed by atoms with E-state index < -0.39 is 11.9 Å². The van der Waals surface area contributed by atoms with Gasteiger partial charge in [0.1, 0.15) is 18.1 Å². The maximum atomic E-state index is 12.2. The minimum absolute atomic E-state index is 0.133. The molecule has 3 aromatic rings. The highest BCUT2D eigenvalue weighted by Gasteiger charge is 2.12. The summed E-state index contributed by atoms with van der Waals surface area (Å²) in [7, 11) is 0. The van der Waals surface area contributed by atoms with E-state index in [9.17, 15) is 9.59 Å². The van der Waals surface area contributed by atoms with Crippen LogP contribution in [0.1, 0.15) is 30.2 Å². The molecular formula is C22H21NO5. The average Bonchev–Trinajstić information content (AvgIpc) is 3.15. The van der Waals surface area contributed by atoms with Gasteiger partial charge in [-0.15, -0.1) is 0 Å². The van der Waals surface area contributed by atoms with Crippen LogP contribution in [0.4, 0.5) is 0 Å². The van der Waals surface area contributed by atoms with Gasteiger partial charge in [-0.3, -0.25) is 4.79 Å². The van der Waals surface area contributed by atoms with Crippen molar-refractivity contribution in [2.45, 2.75) is 20.5 Å². The van der Waals surface area contributed by atoms with E-state index in [-0.39, 0.29) is 19.0 Å². The van der Waals surface area contributed by atoms with Gasteiger partial charge in [-0.1, -0.05) is 30.3 Å². The summed E-state index contributed by atoms with van der Waals surface area (Å²) in [4.78, 5) is 23.6. The number of carbonyl (C=O) groups excluding carboxylic acids is 2. The van der Waals surface area contributed by atoms with Crippen LogP contribution in [0.2, 0.25) is 0 Å². The molecule has 28 heavy (non-hydrogen) atoms. The summed E-state index contributed by atoms with van der Waals surface area (Å²) in [6.07, 6.45) is 1.22. The van der Waals surface area contributed by atoms with Crippen molar-refractivity contribution in [1.82, 2.24) is 5.32 Å². The largest absolute Gasteiger partial charge is 0.486 e. The fourth-order valence-electron chi connectivity index (χ4n) is 2.63. The molecule has 3 rings (SSSR count). The highest BCUT2D eigenvalue weighted by Crippen LogP contribution is 2.21. The molecule has 0 aliphatic rings. The predicted octanol–water partition coefficient (Wildman–Crippen LogP) is 4.21. The lowest BCUT2D eigenvalue weighted by Crippen LogP contribution is -2.21. The Morgan fingerprint density at radius 3 is 2.64 bits per heavy atom. The van der Waals surface area contributed by atoms with Crippen molar-refractivity contribution in [3.63, 3.8) is 0 Å². The molecule has 0 fully saturated rings. The van der Waals surface area contributed by atoms with Crippen LogP contribution >= 0.6 is 0 Å². The Balaban J connectivity index is 1.58. The maximum Gasteiger partial charge on any atom is 0.332 e. The first kappa shape index (κ1) is 19.2. The van der Waals surface area contributed by atoms with Crippen LogP contribution in [0.3, 0.4) is 0 Å². The Kier molecular flexibility index (Phi) is 6.11. The molecule has 0 saturated heterocycles. The van der Waals surface area contributed by atoms with Gasteiger partial charge in [0.15, 0.2) is 5.76 Å². The first-order valence-corrected chi connectivity index (χ1v) is 8.92. The number of hydrogen-bond acceptors (Lipinski definition) is 5. The summed E-state index contributed by atoms with van der Waals surface area (Å²) in [6, 6.07) is 17.1. The van der Waals surface area contributed by atoms with E-state index in [1.54, 1.807) is 26.0 Å². The lowest BCUT2D eigenvalue weighted by Gasteiger charge is -2.06. The third-order valence-corrected chi connectivity index (χ3v) is 3.92. The molecule has 2 aromatic carbocycles. The van der Waals surface area contributed by atoms with Gasteiger partial charge in [0.25, 0.3) is 5.91 Å². The van der Waals surface area contributed by atoms with Crippen molar-refractivity contribution in [3.05, 3.63) is 77.9 Å². The number of benzene rings is 2. The van der Waals surface area contributed by atoms with Crippen molar-refractivity contribution in [2.24, 2.45) is 0 Å². The number of hydrogen-bond donors (Lipinski definition) is 1. The fraction of sp³-hybridized carbons (Fsp3) is 0.182. The number of ether oxygens (including phenoxy) is 2. The molecule has 1 aromatic heterocycles. The first-order chi connectivity index (χ1) is 13.5. The molecule has 144 valence electrons. The van der Waals surface area contributed by atoms with E-state index in [2.05, 4.69) is 5.32 Å². The molecule has 0 spiro atoms. The molecule has 0 radical (unpaired) electrons. The SMILES string of the molecule is CCOC(=O)/C=C(\C)NC(=O)c1ccc(COc2ccc3ccccc3c2)o1. The second-order valence-corrected chi connectivity index (χ2v) is 6.10. The van der Waals surface area contributed by atoms with Gasteiger partial charge in [-0.05, 0) is 48.9 Å². The van der Waals surface area contributed by atoms with Crippen molar-refractivity contribution in [3.8, 4) is 5.75 Å². The zero-order chi connectivity index (χ0) is 19.9. The summed E-state index contributed by atoms with van der Waals surface area (Å²) in [5, 5.41) is 4.80. The number of carbonyl (C=O) groups is 2. The summed E-state index contributed by atoms with van der Waals surface area (Å²) in [5.74, 6) is 0.410. The standard InChI is InChI=1S/C22H21NO5/c1-3-26-21(24)12-15(2)23-22(25)20-11-10-19(28-20)14-27-18-9-8-16-6-4-5-7-17(16)13-18/h4-13H,3,14H2,1-2H3,(H,23,25)/b15-12+. The lowest BCUT2D eigenvalue weighted by molar-refractivity contribution is -0.137. The molecule has 1 amide bonds. The van der Waals surface area contributed by atoms with E-state index >= 15 is 0 Å². The van der Waals surface area contributed by atoms with Crippen LogP contribution in [0.5, 0.6) is 5.75 Å². The first-order valence-electron chi connectivity index (χ1n) is 8.92. The molecule has 0 saturated carbocycles. The molecular weight excluding hydrogens is 358 g/mol. The van der Waals surface area contributed by atoms with Gasteiger partial charge in [-0.25, -0.2) is 4.79 Å². The topological polar surface area (TPSA) is 77.8 Å². The Morgan fingerprint density at radius 2 is 1.86 bits per heavy atom. The van der Waals surface area contributed by atoms with Crippen molar-refractivity contribution >= 4 is 22.6 Å². The summed E-state index contributed by atoms with van der Waals surface area (Å²) >= 11 is 0. The van der Waals surface area contributed by atoms with Crippen molar-refractivity contribution in [2.75, 3.05) is 6.61 Å². The monoisotopic (exact) mass is 379 g/mol. The van der Waals surface area contributed by atoms with E-state index in [4.69, 9.17) is 13.9 Å². The summed E-state index contributed by atoms with van der Waals surface area (Å²) < 4.78 is 16.1. The Morgan fingerprint density at radius 1 is 1.07 bits per heavy atom. The number of amides is 1. The zero-order valence-corrected chi connectivity index (χ0v) is 15.7. The minimum Gasteiger partial charge on any atom is -0.486 e. The van der Waals surface area contributed by atoms with Crippen LogP contribution in [-0.4, -0.2) is 18.5 Å². The molecule has 6 heteroatoms. The molecule has 0 unspecified atom stereocenters. The second kappa shape index (κ2) is 8.90. The molecule has 0 bridgehead atoms. The smallest absolute Gasteiger partial charge is 0.332 e. The van der Waals surface area contributed by atoms with Crippen LogP contribution in [0.15, 0.2) is 70.8 Å². The average molecular weight is 379 g/mol. The van der Waals surface area contributed by atoms with Crippen LogP contribution in [0.25, 0.3) is 10.8 Å². The zero-order valence-electron chi connectivity index (χ0n) is 15.7. The number of furan rings is 1. The minimum atomic E-state index is -0.510.